The number of nitrogens with one attached hydrogen (secondary N) is 7. The summed E-state index contributed by atoms with van der Waals surface area (Å²) in [4.78, 5) is 123. The molecule has 382 valence electrons. The maximum Gasteiger partial charge on any atom is 0.326 e. The number of para-hydroxylation sites is 1. The Labute approximate surface area is 412 Å². The predicted molar refractivity (Wildman–Crippen MR) is 263 cm³/mol. The first-order valence-electron chi connectivity index (χ1n) is 23.9. The number of carbonyl (C=O) groups is 9. The average molecular weight is 982 g/mol. The summed E-state index contributed by atoms with van der Waals surface area (Å²) in [7, 11) is 0. The van der Waals surface area contributed by atoms with Crippen LogP contribution < -0.4 is 31.9 Å². The minimum Gasteiger partial charge on any atom is -0.481 e. The Morgan fingerprint density at radius 1 is 0.521 bits per heavy atom. The van der Waals surface area contributed by atoms with Crippen LogP contribution in [0.4, 0.5) is 0 Å². The lowest BCUT2D eigenvalue weighted by molar-refractivity contribution is -0.142. The Kier molecular flexibility index (Phi) is 21.3. The van der Waals surface area contributed by atoms with Gasteiger partial charge < -0.3 is 52.2 Å². The Hall–Kier alpha value is -7.57. The molecule has 0 bridgehead atoms. The van der Waals surface area contributed by atoms with Gasteiger partial charge in [0.25, 0.3) is 0 Å². The highest BCUT2D eigenvalue weighted by Crippen LogP contribution is 2.29. The summed E-state index contributed by atoms with van der Waals surface area (Å²) in [6, 6.07) is 16.3. The van der Waals surface area contributed by atoms with E-state index in [2.05, 4.69) is 36.9 Å². The van der Waals surface area contributed by atoms with E-state index in [0.717, 1.165) is 10.9 Å². The molecular weight excluding hydrogens is 915 g/mol. The molecule has 1 heterocycles. The SMILES string of the molecule is CC[C@H](C)[C@H](NC(=O)[C@H](CC(=O)O)NC(=O)[C@H](CC(C)C)NC(=O)[C@H](NC(=O)CCC(=O)O)C(c1ccccc1)c1ccccc1)C(=O)N[C@H](C(=O)N[C@@H](Cc1c[nH]c2ccccc12)C(=O)O)[C@@H](C)CC. The first-order chi connectivity index (χ1) is 33.7. The van der Waals surface area contributed by atoms with Crippen LogP contribution in [-0.4, -0.2) is 110 Å². The second-order valence-electron chi connectivity index (χ2n) is 18.3. The molecule has 0 fully saturated rings. The summed E-state index contributed by atoms with van der Waals surface area (Å²) in [5.74, 6) is -11.4. The normalized spacial score (nSPS) is 14.6. The molecule has 10 N–H and O–H groups in total. The average Bonchev–Trinajstić information content (AvgIpc) is 3.75. The molecule has 19 nitrogen and oxygen atoms in total. The lowest BCUT2D eigenvalue weighted by Gasteiger charge is -2.31. The maximum absolute atomic E-state index is 14.5. The Balaban J connectivity index is 1.59. The Morgan fingerprint density at radius 2 is 1.00 bits per heavy atom. The molecular formula is C52H67N7O12. The standard InChI is InChI=1S/C52H67N7O12/c1-7-30(5)44(49(67)56-39(52(70)71)26-34-28-53-36-22-16-15-21-35(34)36)59-50(68)45(31(6)8-2)58-48(66)38(27-42(63)64)54-47(65)37(25-29(3)4)55-51(69)46(57-40(60)23-24-41(61)62)43(32-17-11-9-12-18-32)33-19-13-10-14-20-33/h9-22,28-31,37-39,43-46,53H,7-8,23-27H2,1-6H3,(H,54,65)(H,55,69)(H,56,67)(H,57,60)(H,58,66)(H,59,68)(H,61,62)(H,63,64)(H,70,71)/t30-,31-,37-,38-,39-,44-,45-,46+/m0/s1. The summed E-state index contributed by atoms with van der Waals surface area (Å²) in [5.41, 5.74) is 2.66. The molecule has 0 saturated carbocycles. The van der Waals surface area contributed by atoms with Crippen LogP contribution in [0, 0.1) is 17.8 Å². The molecule has 0 spiro atoms. The number of carbonyl (C=O) groups excluding carboxylic acids is 6. The van der Waals surface area contributed by atoms with Gasteiger partial charge in [0.2, 0.25) is 35.4 Å². The molecule has 1 aromatic heterocycles. The number of rotatable bonds is 28. The molecule has 8 atom stereocenters. The van der Waals surface area contributed by atoms with Gasteiger partial charge in [-0.2, -0.15) is 0 Å². The van der Waals surface area contributed by atoms with Crippen molar-refractivity contribution >= 4 is 64.3 Å². The van der Waals surface area contributed by atoms with Crippen molar-refractivity contribution in [3.63, 3.8) is 0 Å². The third kappa shape index (κ3) is 16.5. The summed E-state index contributed by atoms with van der Waals surface area (Å²) in [6.45, 7) is 10.4. The van der Waals surface area contributed by atoms with Crippen molar-refractivity contribution in [2.75, 3.05) is 0 Å². The molecule has 0 radical (unpaired) electrons. The molecule has 0 aliphatic rings. The van der Waals surface area contributed by atoms with Gasteiger partial charge in [0.1, 0.15) is 36.3 Å². The third-order valence-corrected chi connectivity index (χ3v) is 12.5. The van der Waals surface area contributed by atoms with Gasteiger partial charge in [0.05, 0.1) is 12.8 Å². The van der Waals surface area contributed by atoms with Gasteiger partial charge >= 0.3 is 17.9 Å². The summed E-state index contributed by atoms with van der Waals surface area (Å²) in [6.07, 6.45) is 0.398. The third-order valence-electron chi connectivity index (χ3n) is 12.5. The number of hydrogen-bond donors (Lipinski definition) is 10. The summed E-state index contributed by atoms with van der Waals surface area (Å²) in [5, 5.41) is 45.9. The minimum atomic E-state index is -1.78. The van der Waals surface area contributed by atoms with Gasteiger partial charge in [-0.3, -0.25) is 38.4 Å². The molecule has 0 aliphatic heterocycles. The van der Waals surface area contributed by atoms with Crippen molar-refractivity contribution in [1.82, 2.24) is 36.9 Å². The fourth-order valence-corrected chi connectivity index (χ4v) is 8.17. The van der Waals surface area contributed by atoms with Crippen molar-refractivity contribution in [3.05, 3.63) is 108 Å². The molecule has 0 saturated heterocycles. The zero-order chi connectivity index (χ0) is 52.4. The van der Waals surface area contributed by atoms with Crippen LogP contribution in [0.5, 0.6) is 0 Å². The number of amides is 6. The lowest BCUT2D eigenvalue weighted by Crippen LogP contribution is -2.61. The van der Waals surface area contributed by atoms with Gasteiger partial charge in [-0.25, -0.2) is 4.79 Å². The first-order valence-corrected chi connectivity index (χ1v) is 23.9. The van der Waals surface area contributed by atoms with Crippen molar-refractivity contribution in [1.29, 1.82) is 0 Å². The molecule has 71 heavy (non-hydrogen) atoms. The highest BCUT2D eigenvalue weighted by atomic mass is 16.4. The van der Waals surface area contributed by atoms with Gasteiger partial charge in [0.15, 0.2) is 0 Å². The zero-order valence-corrected chi connectivity index (χ0v) is 40.9. The molecule has 0 unspecified atom stereocenters. The number of aliphatic carboxylic acids is 3. The number of aromatic nitrogens is 1. The van der Waals surface area contributed by atoms with E-state index in [9.17, 15) is 58.5 Å². The molecule has 0 aliphatic carbocycles. The van der Waals surface area contributed by atoms with Crippen LogP contribution in [0.25, 0.3) is 10.9 Å². The fraction of sp³-hybridized carbons (Fsp3) is 0.442. The van der Waals surface area contributed by atoms with E-state index >= 15 is 0 Å². The fourth-order valence-electron chi connectivity index (χ4n) is 8.17. The number of fused-ring (bicyclic) bond motifs is 1. The molecule has 3 aromatic carbocycles. The smallest absolute Gasteiger partial charge is 0.326 e. The number of hydrogen-bond acceptors (Lipinski definition) is 9. The zero-order valence-electron chi connectivity index (χ0n) is 40.9. The van der Waals surface area contributed by atoms with Crippen molar-refractivity contribution in [2.24, 2.45) is 17.8 Å². The first kappa shape index (κ1) is 56.0. The van der Waals surface area contributed by atoms with Gasteiger partial charge in [0, 0.05) is 35.9 Å². The highest BCUT2D eigenvalue weighted by molar-refractivity contribution is 5.98. The van der Waals surface area contributed by atoms with Crippen LogP contribution in [-0.2, 0) is 49.6 Å². The summed E-state index contributed by atoms with van der Waals surface area (Å²) < 4.78 is 0. The number of benzene rings is 3. The highest BCUT2D eigenvalue weighted by Gasteiger charge is 2.38. The monoisotopic (exact) mass is 981 g/mol. The van der Waals surface area contributed by atoms with Crippen molar-refractivity contribution < 1.29 is 58.5 Å². The van der Waals surface area contributed by atoms with Crippen molar-refractivity contribution in [2.45, 2.75) is 129 Å². The Bertz CT molecular complexity index is 2440. The second kappa shape index (κ2) is 27.0. The lowest BCUT2D eigenvalue weighted by atomic mass is 9.84. The van der Waals surface area contributed by atoms with Crippen LogP contribution in [0.1, 0.15) is 103 Å². The number of carboxylic acid groups (broad SMARTS) is 3. The largest absolute Gasteiger partial charge is 0.481 e. The molecule has 6 amide bonds. The van der Waals surface area contributed by atoms with E-state index < -0.39 is 127 Å². The van der Waals surface area contributed by atoms with E-state index in [1.165, 1.54) is 0 Å². The minimum absolute atomic E-state index is 0.0124. The van der Waals surface area contributed by atoms with Crippen LogP contribution in [0.3, 0.4) is 0 Å². The van der Waals surface area contributed by atoms with Gasteiger partial charge in [-0.15, -0.1) is 0 Å². The van der Waals surface area contributed by atoms with E-state index in [4.69, 9.17) is 0 Å². The molecule has 4 rings (SSSR count). The molecule has 19 heteroatoms. The number of H-pyrrole nitrogens is 1. The van der Waals surface area contributed by atoms with E-state index in [-0.39, 0.29) is 18.8 Å². The van der Waals surface area contributed by atoms with Crippen LogP contribution in [0.15, 0.2) is 91.1 Å². The number of aromatic amines is 1. The van der Waals surface area contributed by atoms with Crippen LogP contribution in [0.2, 0.25) is 0 Å². The maximum atomic E-state index is 14.5. The van der Waals surface area contributed by atoms with Crippen LogP contribution >= 0.6 is 0 Å². The summed E-state index contributed by atoms with van der Waals surface area (Å²) >= 11 is 0. The van der Waals surface area contributed by atoms with E-state index in [1.54, 1.807) is 114 Å². The number of carboxylic acids is 3. The topological polar surface area (TPSA) is 302 Å². The van der Waals surface area contributed by atoms with Gasteiger partial charge in [-0.05, 0) is 46.9 Å². The molecule has 4 aromatic rings. The predicted octanol–water partition coefficient (Wildman–Crippen LogP) is 4.01. The van der Waals surface area contributed by atoms with Gasteiger partial charge in [-0.1, -0.05) is 133 Å². The quantitative estimate of drug-likeness (QED) is 0.0386. The second-order valence-corrected chi connectivity index (χ2v) is 18.3. The van der Waals surface area contributed by atoms with E-state index in [1.807, 2.05) is 18.2 Å². The van der Waals surface area contributed by atoms with Crippen molar-refractivity contribution in [3.8, 4) is 0 Å². The Morgan fingerprint density at radius 3 is 1.52 bits per heavy atom. The van der Waals surface area contributed by atoms with E-state index in [0.29, 0.717) is 29.5 Å².